The number of carbonyl (C=O) groups excluding carboxylic acids is 2. The third-order valence-corrected chi connectivity index (χ3v) is 3.47. The van der Waals surface area contributed by atoms with E-state index in [2.05, 4.69) is 4.74 Å². The van der Waals surface area contributed by atoms with Gasteiger partial charge in [0.25, 0.3) is 0 Å². The third kappa shape index (κ3) is 2.80. The van der Waals surface area contributed by atoms with E-state index in [1.807, 2.05) is 0 Å². The maximum atomic E-state index is 13.9. The van der Waals surface area contributed by atoms with E-state index in [9.17, 15) is 18.4 Å². The summed E-state index contributed by atoms with van der Waals surface area (Å²) in [6, 6.07) is 1.91. The van der Waals surface area contributed by atoms with Crippen molar-refractivity contribution in [1.82, 2.24) is 0 Å². The summed E-state index contributed by atoms with van der Waals surface area (Å²) in [5, 5.41) is 0. The van der Waals surface area contributed by atoms with Crippen LogP contribution in [0.25, 0.3) is 0 Å². The van der Waals surface area contributed by atoms with Gasteiger partial charge in [-0.25, -0.2) is 13.6 Å². The Morgan fingerprint density at radius 1 is 1.21 bits per heavy atom. The Hall–Kier alpha value is -1.78. The quantitative estimate of drug-likeness (QED) is 0.774. The van der Waals surface area contributed by atoms with Gasteiger partial charge in [-0.2, -0.15) is 0 Å². The van der Waals surface area contributed by atoms with E-state index >= 15 is 0 Å². The van der Waals surface area contributed by atoms with Crippen molar-refractivity contribution >= 4 is 11.8 Å². The first-order chi connectivity index (χ1) is 9.02. The molecule has 0 radical (unpaired) electrons. The van der Waals surface area contributed by atoms with Gasteiger partial charge in [-0.15, -0.1) is 0 Å². The van der Waals surface area contributed by atoms with E-state index < -0.39 is 23.2 Å². The summed E-state index contributed by atoms with van der Waals surface area (Å²) in [6.45, 7) is 0. The Kier molecular flexibility index (Phi) is 3.93. The number of Topliss-reactive ketones (excluding diaryl/α,β-unsaturated/α-hetero) is 1. The Morgan fingerprint density at radius 3 is 2.42 bits per heavy atom. The van der Waals surface area contributed by atoms with E-state index in [1.54, 1.807) is 0 Å². The number of carbonyl (C=O) groups is 2. The van der Waals surface area contributed by atoms with Gasteiger partial charge in [-0.05, 0) is 36.5 Å². The molecular weight excluding hydrogens is 254 g/mol. The number of hydrogen-bond donors (Lipinski definition) is 0. The largest absolute Gasteiger partial charge is 0.465 e. The van der Waals surface area contributed by atoms with Crippen molar-refractivity contribution in [3.05, 3.63) is 34.9 Å². The zero-order valence-electron chi connectivity index (χ0n) is 10.5. The summed E-state index contributed by atoms with van der Waals surface area (Å²) in [5.74, 6) is -2.33. The fourth-order valence-electron chi connectivity index (χ4n) is 2.39. The predicted molar refractivity (Wildman–Crippen MR) is 63.9 cm³/mol. The minimum absolute atomic E-state index is 0.156. The number of ketones is 1. The van der Waals surface area contributed by atoms with Gasteiger partial charge in [-0.1, -0.05) is 0 Å². The molecule has 0 bridgehead atoms. The topological polar surface area (TPSA) is 43.4 Å². The van der Waals surface area contributed by atoms with E-state index in [1.165, 1.54) is 0 Å². The van der Waals surface area contributed by atoms with Crippen molar-refractivity contribution in [1.29, 1.82) is 0 Å². The smallest absolute Gasteiger partial charge is 0.340 e. The number of halogens is 2. The molecule has 0 atom stereocenters. The first-order valence-corrected chi connectivity index (χ1v) is 6.12. The highest BCUT2D eigenvalue weighted by atomic mass is 19.1. The van der Waals surface area contributed by atoms with Gasteiger partial charge in [0.2, 0.25) is 0 Å². The molecule has 0 heterocycles. The van der Waals surface area contributed by atoms with Crippen molar-refractivity contribution in [2.24, 2.45) is 0 Å². The van der Waals surface area contributed by atoms with Crippen molar-refractivity contribution in [3.63, 3.8) is 0 Å². The number of methoxy groups -OCH3 is 1. The Balaban J connectivity index is 2.30. The van der Waals surface area contributed by atoms with Crippen molar-refractivity contribution in [2.45, 2.75) is 31.6 Å². The summed E-state index contributed by atoms with van der Waals surface area (Å²) in [6.07, 6.45) is 1.83. The molecule has 102 valence electrons. The molecule has 0 aromatic heterocycles. The van der Waals surface area contributed by atoms with E-state index in [0.717, 1.165) is 19.2 Å². The minimum Gasteiger partial charge on any atom is -0.465 e. The summed E-state index contributed by atoms with van der Waals surface area (Å²) >= 11 is 0. The maximum Gasteiger partial charge on any atom is 0.340 e. The molecule has 0 spiro atoms. The fourth-order valence-corrected chi connectivity index (χ4v) is 2.39. The maximum absolute atomic E-state index is 13.9. The number of benzene rings is 1. The highest BCUT2D eigenvalue weighted by molar-refractivity contribution is 5.89. The third-order valence-electron chi connectivity index (χ3n) is 3.47. The van der Waals surface area contributed by atoms with Crippen molar-refractivity contribution in [2.75, 3.05) is 7.11 Å². The Bertz CT molecular complexity index is 516. The molecule has 0 saturated heterocycles. The SMILES string of the molecule is COC(=O)c1cc(F)c(C2CCC(=O)CC2)cc1F. The first-order valence-electron chi connectivity index (χ1n) is 6.12. The molecular formula is C14H14F2O3. The van der Waals surface area contributed by atoms with Gasteiger partial charge in [-0.3, -0.25) is 4.79 Å². The van der Waals surface area contributed by atoms with Gasteiger partial charge in [0, 0.05) is 12.8 Å². The van der Waals surface area contributed by atoms with Crippen LogP contribution in [0, 0.1) is 11.6 Å². The highest BCUT2D eigenvalue weighted by Crippen LogP contribution is 2.33. The average Bonchev–Trinajstić information content (AvgIpc) is 2.41. The molecule has 1 saturated carbocycles. The lowest BCUT2D eigenvalue weighted by Gasteiger charge is -2.22. The molecule has 1 fully saturated rings. The summed E-state index contributed by atoms with van der Waals surface area (Å²) in [7, 11) is 1.11. The van der Waals surface area contributed by atoms with Gasteiger partial charge >= 0.3 is 5.97 Å². The van der Waals surface area contributed by atoms with Crippen LogP contribution in [0.4, 0.5) is 8.78 Å². The van der Waals surface area contributed by atoms with E-state index in [4.69, 9.17) is 0 Å². The van der Waals surface area contributed by atoms with E-state index in [0.29, 0.717) is 25.7 Å². The number of esters is 1. The highest BCUT2D eigenvalue weighted by Gasteiger charge is 2.25. The number of hydrogen-bond acceptors (Lipinski definition) is 3. The van der Waals surface area contributed by atoms with Crippen LogP contribution in [0.5, 0.6) is 0 Å². The van der Waals surface area contributed by atoms with Crippen LogP contribution in [0.2, 0.25) is 0 Å². The molecule has 1 aromatic rings. The second kappa shape index (κ2) is 5.47. The number of ether oxygens (including phenoxy) is 1. The van der Waals surface area contributed by atoms with Gasteiger partial charge in [0.15, 0.2) is 0 Å². The lowest BCUT2D eigenvalue weighted by Crippen LogP contribution is -2.15. The van der Waals surface area contributed by atoms with E-state index in [-0.39, 0.29) is 17.3 Å². The Morgan fingerprint density at radius 2 is 1.84 bits per heavy atom. The first kappa shape index (κ1) is 13.6. The normalized spacial score (nSPS) is 16.5. The number of rotatable bonds is 2. The minimum atomic E-state index is -0.901. The molecule has 1 aliphatic carbocycles. The fraction of sp³-hybridized carbons (Fsp3) is 0.429. The molecule has 1 aromatic carbocycles. The van der Waals surface area contributed by atoms with Crippen LogP contribution < -0.4 is 0 Å². The van der Waals surface area contributed by atoms with Gasteiger partial charge < -0.3 is 4.74 Å². The molecule has 1 aliphatic rings. The molecule has 5 heteroatoms. The predicted octanol–water partition coefficient (Wildman–Crippen LogP) is 2.98. The Labute approximate surface area is 109 Å². The summed E-state index contributed by atoms with van der Waals surface area (Å²) in [5.41, 5.74) is -0.173. The zero-order chi connectivity index (χ0) is 14.0. The zero-order valence-corrected chi connectivity index (χ0v) is 10.5. The molecule has 2 rings (SSSR count). The molecule has 0 aliphatic heterocycles. The van der Waals surface area contributed by atoms with Crippen LogP contribution in [-0.4, -0.2) is 18.9 Å². The molecule has 0 amide bonds. The standard InChI is InChI=1S/C14H14F2O3/c1-19-14(18)11-7-12(15)10(6-13(11)16)8-2-4-9(17)5-3-8/h6-8H,2-5H2,1H3. The van der Waals surface area contributed by atoms with Crippen LogP contribution in [-0.2, 0) is 9.53 Å². The van der Waals surface area contributed by atoms with Crippen molar-refractivity contribution in [3.8, 4) is 0 Å². The lowest BCUT2D eigenvalue weighted by molar-refractivity contribution is -0.120. The van der Waals surface area contributed by atoms with Crippen LogP contribution in [0.15, 0.2) is 12.1 Å². The van der Waals surface area contributed by atoms with Crippen LogP contribution >= 0.6 is 0 Å². The molecule has 0 N–H and O–H groups in total. The molecule has 0 unspecified atom stereocenters. The summed E-state index contributed by atoms with van der Waals surface area (Å²) in [4.78, 5) is 22.4. The van der Waals surface area contributed by atoms with Crippen LogP contribution in [0.1, 0.15) is 47.5 Å². The molecule has 19 heavy (non-hydrogen) atoms. The lowest BCUT2D eigenvalue weighted by atomic mass is 9.83. The van der Waals surface area contributed by atoms with Gasteiger partial charge in [0.05, 0.1) is 12.7 Å². The molecule has 3 nitrogen and oxygen atoms in total. The van der Waals surface area contributed by atoms with Crippen LogP contribution in [0.3, 0.4) is 0 Å². The van der Waals surface area contributed by atoms with Crippen molar-refractivity contribution < 1.29 is 23.1 Å². The van der Waals surface area contributed by atoms with Gasteiger partial charge in [0.1, 0.15) is 17.4 Å². The second-order valence-corrected chi connectivity index (χ2v) is 4.66. The summed E-state index contributed by atoms with van der Waals surface area (Å²) < 4.78 is 32.1. The average molecular weight is 268 g/mol. The second-order valence-electron chi connectivity index (χ2n) is 4.66. The monoisotopic (exact) mass is 268 g/mol.